The maximum atomic E-state index is 4.61. The minimum absolute atomic E-state index is 0.879. The molecule has 2 aromatic heterocycles. The van der Waals surface area contributed by atoms with E-state index in [1.807, 2.05) is 19.2 Å². The third kappa shape index (κ3) is 4.64. The fourth-order valence-corrected chi connectivity index (χ4v) is 2.57. The van der Waals surface area contributed by atoms with Gasteiger partial charge in [-0.2, -0.15) is 0 Å². The molecule has 0 aliphatic heterocycles. The topological polar surface area (TPSA) is 29.0 Å². The van der Waals surface area contributed by atoms with Crippen LogP contribution in [0.1, 0.15) is 41.6 Å². The fraction of sp³-hybridized carbons (Fsp3) is 0.444. The second-order valence-corrected chi connectivity index (χ2v) is 5.76. The minimum Gasteiger partial charge on any atom is -0.292 e. The van der Waals surface area contributed by atoms with Crippen LogP contribution in [0.2, 0.25) is 0 Å². The summed E-state index contributed by atoms with van der Waals surface area (Å²) in [7, 11) is 0. The lowest BCUT2D eigenvalue weighted by Gasteiger charge is -2.22. The maximum absolute atomic E-state index is 4.61. The van der Waals surface area contributed by atoms with Crippen LogP contribution in [0.3, 0.4) is 0 Å². The summed E-state index contributed by atoms with van der Waals surface area (Å²) in [6.45, 7) is 11.3. The zero-order valence-electron chi connectivity index (χ0n) is 13.6. The van der Waals surface area contributed by atoms with Crippen LogP contribution >= 0.6 is 0 Å². The Balaban J connectivity index is 2.11. The van der Waals surface area contributed by atoms with E-state index < -0.39 is 0 Å². The Kier molecular flexibility index (Phi) is 5.45. The Morgan fingerprint density at radius 3 is 2.57 bits per heavy atom. The Morgan fingerprint density at radius 1 is 1.10 bits per heavy atom. The molecule has 0 saturated heterocycles. The van der Waals surface area contributed by atoms with Crippen LogP contribution in [0.15, 0.2) is 30.5 Å². The summed E-state index contributed by atoms with van der Waals surface area (Å²) in [6, 6.07) is 8.43. The first-order chi connectivity index (χ1) is 10.1. The molecule has 0 aliphatic carbocycles. The van der Waals surface area contributed by atoms with E-state index in [2.05, 4.69) is 53.8 Å². The SMILES string of the molecule is CCCN(Cc1cccc(C)n1)Cc1ncc(C)cc1C. The third-order valence-corrected chi connectivity index (χ3v) is 3.57. The largest absolute Gasteiger partial charge is 0.292 e. The maximum Gasteiger partial charge on any atom is 0.0573 e. The van der Waals surface area contributed by atoms with Gasteiger partial charge in [0.25, 0.3) is 0 Å². The lowest BCUT2D eigenvalue weighted by atomic mass is 10.1. The average molecular weight is 283 g/mol. The van der Waals surface area contributed by atoms with Gasteiger partial charge in [0, 0.05) is 25.0 Å². The van der Waals surface area contributed by atoms with Crippen molar-refractivity contribution in [1.29, 1.82) is 0 Å². The molecule has 0 bridgehead atoms. The zero-order chi connectivity index (χ0) is 15.2. The van der Waals surface area contributed by atoms with Crippen molar-refractivity contribution in [3.05, 3.63) is 58.7 Å². The first-order valence-corrected chi connectivity index (χ1v) is 7.65. The van der Waals surface area contributed by atoms with Gasteiger partial charge in [0.15, 0.2) is 0 Å². The molecule has 2 aromatic rings. The van der Waals surface area contributed by atoms with E-state index in [1.54, 1.807) is 0 Å². The molecule has 21 heavy (non-hydrogen) atoms. The van der Waals surface area contributed by atoms with Crippen LogP contribution in [-0.4, -0.2) is 21.4 Å². The first-order valence-electron chi connectivity index (χ1n) is 7.65. The summed E-state index contributed by atoms with van der Waals surface area (Å²) in [4.78, 5) is 11.6. The summed E-state index contributed by atoms with van der Waals surface area (Å²) < 4.78 is 0. The Labute approximate surface area is 128 Å². The molecule has 3 nitrogen and oxygen atoms in total. The molecule has 2 rings (SSSR count). The minimum atomic E-state index is 0.879. The summed E-state index contributed by atoms with van der Waals surface area (Å²) >= 11 is 0. The van der Waals surface area contributed by atoms with Gasteiger partial charge in [0.05, 0.1) is 11.4 Å². The molecule has 112 valence electrons. The fourth-order valence-electron chi connectivity index (χ4n) is 2.57. The highest BCUT2D eigenvalue weighted by atomic mass is 15.1. The van der Waals surface area contributed by atoms with E-state index in [0.717, 1.165) is 37.4 Å². The molecule has 3 heteroatoms. The highest BCUT2D eigenvalue weighted by Gasteiger charge is 2.10. The molecule has 0 amide bonds. The van der Waals surface area contributed by atoms with Crippen LogP contribution in [0.5, 0.6) is 0 Å². The monoisotopic (exact) mass is 283 g/mol. The van der Waals surface area contributed by atoms with Crippen LogP contribution < -0.4 is 0 Å². The Bertz CT molecular complexity index is 593. The molecule has 0 atom stereocenters. The van der Waals surface area contributed by atoms with E-state index in [1.165, 1.54) is 16.8 Å². The number of aromatic nitrogens is 2. The molecule has 2 heterocycles. The van der Waals surface area contributed by atoms with Gasteiger partial charge >= 0.3 is 0 Å². The number of hydrogen-bond acceptors (Lipinski definition) is 3. The van der Waals surface area contributed by atoms with Gasteiger partial charge < -0.3 is 0 Å². The molecule has 0 N–H and O–H groups in total. The second kappa shape index (κ2) is 7.32. The predicted molar refractivity (Wildman–Crippen MR) is 87.1 cm³/mol. The van der Waals surface area contributed by atoms with Gasteiger partial charge in [-0.1, -0.05) is 19.1 Å². The predicted octanol–water partition coefficient (Wildman–Crippen LogP) is 3.81. The van der Waals surface area contributed by atoms with Crippen LogP contribution in [0, 0.1) is 20.8 Å². The van der Waals surface area contributed by atoms with Crippen LogP contribution in [0.4, 0.5) is 0 Å². The molecule has 0 spiro atoms. The third-order valence-electron chi connectivity index (χ3n) is 3.57. The van der Waals surface area contributed by atoms with Gasteiger partial charge in [-0.05, 0) is 57.0 Å². The lowest BCUT2D eigenvalue weighted by Crippen LogP contribution is -2.25. The highest BCUT2D eigenvalue weighted by Crippen LogP contribution is 2.12. The summed E-state index contributed by atoms with van der Waals surface area (Å²) in [6.07, 6.45) is 3.09. The van der Waals surface area contributed by atoms with Crippen molar-refractivity contribution in [3.8, 4) is 0 Å². The van der Waals surface area contributed by atoms with E-state index in [0.29, 0.717) is 0 Å². The van der Waals surface area contributed by atoms with Crippen molar-refractivity contribution < 1.29 is 0 Å². The molecule has 0 saturated carbocycles. The molecule has 0 aliphatic rings. The molecular formula is C18H25N3. The smallest absolute Gasteiger partial charge is 0.0573 e. The molecule has 0 fully saturated rings. The Hall–Kier alpha value is -1.74. The lowest BCUT2D eigenvalue weighted by molar-refractivity contribution is 0.250. The van der Waals surface area contributed by atoms with Gasteiger partial charge in [-0.25, -0.2) is 0 Å². The van der Waals surface area contributed by atoms with E-state index in [4.69, 9.17) is 0 Å². The normalized spacial score (nSPS) is 11.1. The molecule has 0 unspecified atom stereocenters. The van der Waals surface area contributed by atoms with Crippen molar-refractivity contribution >= 4 is 0 Å². The van der Waals surface area contributed by atoms with Crippen molar-refractivity contribution in [2.24, 2.45) is 0 Å². The van der Waals surface area contributed by atoms with Crippen LogP contribution in [0.25, 0.3) is 0 Å². The molecule has 0 aromatic carbocycles. The van der Waals surface area contributed by atoms with Crippen molar-refractivity contribution in [1.82, 2.24) is 14.9 Å². The van der Waals surface area contributed by atoms with Gasteiger partial charge in [0.1, 0.15) is 0 Å². The van der Waals surface area contributed by atoms with E-state index >= 15 is 0 Å². The summed E-state index contributed by atoms with van der Waals surface area (Å²) in [5, 5.41) is 0. The zero-order valence-corrected chi connectivity index (χ0v) is 13.6. The average Bonchev–Trinajstić information content (AvgIpc) is 2.42. The quantitative estimate of drug-likeness (QED) is 0.807. The van der Waals surface area contributed by atoms with Gasteiger partial charge in [-0.3, -0.25) is 14.9 Å². The highest BCUT2D eigenvalue weighted by molar-refractivity contribution is 5.23. The van der Waals surface area contributed by atoms with Crippen molar-refractivity contribution in [2.45, 2.75) is 47.2 Å². The van der Waals surface area contributed by atoms with Crippen molar-refractivity contribution in [3.63, 3.8) is 0 Å². The summed E-state index contributed by atoms with van der Waals surface area (Å²) in [5.74, 6) is 0. The number of pyridine rings is 2. The summed E-state index contributed by atoms with van der Waals surface area (Å²) in [5.41, 5.74) is 5.87. The number of aryl methyl sites for hydroxylation is 3. The second-order valence-electron chi connectivity index (χ2n) is 5.76. The van der Waals surface area contributed by atoms with E-state index in [-0.39, 0.29) is 0 Å². The van der Waals surface area contributed by atoms with E-state index in [9.17, 15) is 0 Å². The Morgan fingerprint density at radius 2 is 1.90 bits per heavy atom. The van der Waals surface area contributed by atoms with Gasteiger partial charge in [0.2, 0.25) is 0 Å². The standard InChI is InChI=1S/C18H25N3/c1-5-9-21(12-17-8-6-7-16(4)20-17)13-18-15(3)10-14(2)11-19-18/h6-8,10-11H,5,9,12-13H2,1-4H3. The first kappa shape index (κ1) is 15.6. The number of nitrogens with zero attached hydrogens (tertiary/aromatic N) is 3. The molecule has 0 radical (unpaired) electrons. The molecular weight excluding hydrogens is 258 g/mol. The number of hydrogen-bond donors (Lipinski definition) is 0. The number of rotatable bonds is 6. The van der Waals surface area contributed by atoms with Crippen molar-refractivity contribution in [2.75, 3.05) is 6.54 Å². The van der Waals surface area contributed by atoms with Gasteiger partial charge in [-0.15, -0.1) is 0 Å². The van der Waals surface area contributed by atoms with Crippen LogP contribution in [-0.2, 0) is 13.1 Å².